The molecule has 7 heteroatoms. The first kappa shape index (κ1) is 20.2. The Balaban J connectivity index is 1.59. The molecular weight excluding hydrogens is 356 g/mol. The van der Waals surface area contributed by atoms with Gasteiger partial charge in [-0.1, -0.05) is 44.9 Å². The summed E-state index contributed by atoms with van der Waals surface area (Å²) in [5, 5.41) is 2.86. The van der Waals surface area contributed by atoms with E-state index in [2.05, 4.69) is 22.3 Å². The number of piperazine rings is 1. The molecule has 1 aromatic rings. The van der Waals surface area contributed by atoms with Crippen molar-refractivity contribution in [3.05, 3.63) is 30.3 Å². The molecule has 3 rings (SSSR count). The number of carbonyl (C=O) groups is 3. The van der Waals surface area contributed by atoms with Crippen LogP contribution < -0.4 is 10.2 Å². The van der Waals surface area contributed by atoms with E-state index in [1.807, 2.05) is 32.0 Å². The number of rotatable bonds is 7. The molecule has 2 saturated heterocycles. The zero-order chi connectivity index (χ0) is 20.1. The van der Waals surface area contributed by atoms with Crippen molar-refractivity contribution in [2.75, 3.05) is 37.6 Å². The normalized spacial score (nSPS) is 19.1. The molecule has 0 aromatic heterocycles. The van der Waals surface area contributed by atoms with Gasteiger partial charge in [0.1, 0.15) is 12.1 Å². The minimum atomic E-state index is -0.840. The van der Waals surface area contributed by atoms with Crippen LogP contribution in [0.2, 0.25) is 0 Å². The highest BCUT2D eigenvalue weighted by Gasteiger charge is 2.50. The van der Waals surface area contributed by atoms with Crippen LogP contribution >= 0.6 is 0 Å². The lowest BCUT2D eigenvalue weighted by molar-refractivity contribution is -0.139. The average molecular weight is 386 g/mol. The van der Waals surface area contributed by atoms with Crippen LogP contribution in [0.1, 0.15) is 39.5 Å². The van der Waals surface area contributed by atoms with Gasteiger partial charge in [-0.3, -0.25) is 14.5 Å². The lowest BCUT2D eigenvalue weighted by Crippen LogP contribution is -2.52. The number of anilines is 1. The first-order chi connectivity index (χ1) is 13.5. The third kappa shape index (κ3) is 3.98. The van der Waals surface area contributed by atoms with Gasteiger partial charge in [0.15, 0.2) is 0 Å². The predicted octanol–water partition coefficient (Wildman–Crippen LogP) is 2.23. The topological polar surface area (TPSA) is 73.0 Å². The Morgan fingerprint density at radius 3 is 2.18 bits per heavy atom. The summed E-state index contributed by atoms with van der Waals surface area (Å²) in [7, 11) is 0. The van der Waals surface area contributed by atoms with E-state index in [-0.39, 0.29) is 18.4 Å². The lowest BCUT2D eigenvalue weighted by atomic mass is 9.88. The molecule has 0 unspecified atom stereocenters. The average Bonchev–Trinajstić information content (AvgIpc) is 2.93. The number of nitrogens with zero attached hydrogens (tertiary/aromatic N) is 3. The van der Waals surface area contributed by atoms with E-state index in [9.17, 15) is 14.4 Å². The van der Waals surface area contributed by atoms with Crippen LogP contribution in [0.25, 0.3) is 0 Å². The van der Waals surface area contributed by atoms with Crippen molar-refractivity contribution in [2.45, 2.75) is 45.1 Å². The maximum Gasteiger partial charge on any atom is 0.325 e. The smallest absolute Gasteiger partial charge is 0.325 e. The van der Waals surface area contributed by atoms with Crippen LogP contribution in [0, 0.1) is 0 Å². The molecule has 2 aliphatic rings. The third-order valence-corrected chi connectivity index (χ3v) is 5.65. The third-order valence-electron chi connectivity index (χ3n) is 5.65. The molecule has 1 N–H and O–H groups in total. The van der Waals surface area contributed by atoms with E-state index in [4.69, 9.17) is 0 Å². The Morgan fingerprint density at radius 2 is 1.61 bits per heavy atom. The molecule has 1 aromatic carbocycles. The second-order valence-corrected chi connectivity index (χ2v) is 7.61. The van der Waals surface area contributed by atoms with Crippen LogP contribution in [0.4, 0.5) is 10.5 Å². The summed E-state index contributed by atoms with van der Waals surface area (Å²) in [6.45, 7) is 6.48. The minimum Gasteiger partial charge on any atom is -0.368 e. The summed E-state index contributed by atoms with van der Waals surface area (Å²) in [4.78, 5) is 43.2. The van der Waals surface area contributed by atoms with Crippen LogP contribution in [-0.2, 0) is 9.59 Å². The fraction of sp³-hybridized carbons (Fsp3) is 0.571. The van der Waals surface area contributed by atoms with E-state index < -0.39 is 11.6 Å². The summed E-state index contributed by atoms with van der Waals surface area (Å²) in [6.07, 6.45) is 2.81. The Bertz CT molecular complexity index is 708. The highest BCUT2D eigenvalue weighted by Crippen LogP contribution is 2.28. The summed E-state index contributed by atoms with van der Waals surface area (Å²) in [5.74, 6) is -0.419. The number of imide groups is 1. The van der Waals surface area contributed by atoms with Crippen LogP contribution in [0.3, 0.4) is 0 Å². The van der Waals surface area contributed by atoms with Gasteiger partial charge in [-0.05, 0) is 25.0 Å². The molecule has 0 spiro atoms. The summed E-state index contributed by atoms with van der Waals surface area (Å²) in [6, 6.07) is 9.67. The van der Waals surface area contributed by atoms with Crippen molar-refractivity contribution >= 4 is 23.5 Å². The van der Waals surface area contributed by atoms with Gasteiger partial charge < -0.3 is 15.1 Å². The van der Waals surface area contributed by atoms with Gasteiger partial charge in [-0.15, -0.1) is 0 Å². The molecule has 4 amide bonds. The van der Waals surface area contributed by atoms with Gasteiger partial charge in [-0.25, -0.2) is 4.79 Å². The van der Waals surface area contributed by atoms with Gasteiger partial charge in [-0.2, -0.15) is 0 Å². The molecule has 2 aliphatic heterocycles. The van der Waals surface area contributed by atoms with Gasteiger partial charge in [0.2, 0.25) is 5.91 Å². The SMILES string of the molecule is CCCC1(CCC)NC(=O)N(CC(=O)N2CCN(c3ccccc3)CC2)C1=O. The number of urea groups is 1. The molecule has 7 nitrogen and oxygen atoms in total. The van der Waals surface area contributed by atoms with Crippen LogP contribution in [-0.4, -0.2) is 65.9 Å². The molecule has 0 atom stereocenters. The van der Waals surface area contributed by atoms with Crippen LogP contribution in [0.5, 0.6) is 0 Å². The zero-order valence-electron chi connectivity index (χ0n) is 16.8. The molecule has 2 fully saturated rings. The Hall–Kier alpha value is -2.57. The quantitative estimate of drug-likeness (QED) is 0.730. The fourth-order valence-corrected chi connectivity index (χ4v) is 4.23. The van der Waals surface area contributed by atoms with E-state index >= 15 is 0 Å². The number of hydrogen-bond donors (Lipinski definition) is 1. The molecule has 0 aliphatic carbocycles. The van der Waals surface area contributed by atoms with E-state index in [1.165, 1.54) is 0 Å². The monoisotopic (exact) mass is 386 g/mol. The van der Waals surface area contributed by atoms with Crippen LogP contribution in [0.15, 0.2) is 30.3 Å². The Morgan fingerprint density at radius 1 is 1.00 bits per heavy atom. The highest BCUT2D eigenvalue weighted by atomic mass is 16.2. The molecule has 0 radical (unpaired) electrons. The van der Waals surface area contributed by atoms with Gasteiger partial charge >= 0.3 is 6.03 Å². The standard InChI is InChI=1S/C21H30N4O3/c1-3-10-21(11-4-2)19(27)25(20(28)22-21)16-18(26)24-14-12-23(13-15-24)17-8-6-5-7-9-17/h5-9H,3-4,10-16H2,1-2H3,(H,22,28). The van der Waals surface area contributed by atoms with Crippen molar-refractivity contribution < 1.29 is 14.4 Å². The molecule has 0 bridgehead atoms. The number of carbonyl (C=O) groups excluding carboxylic acids is 3. The second-order valence-electron chi connectivity index (χ2n) is 7.61. The first-order valence-corrected chi connectivity index (χ1v) is 10.2. The van der Waals surface area contributed by atoms with Crippen molar-refractivity contribution in [1.82, 2.24) is 15.1 Å². The zero-order valence-corrected chi connectivity index (χ0v) is 16.8. The molecule has 2 heterocycles. The Kier molecular flexibility index (Phi) is 6.21. The van der Waals surface area contributed by atoms with E-state index in [0.717, 1.165) is 36.5 Å². The number of nitrogens with one attached hydrogen (secondary N) is 1. The predicted molar refractivity (Wildman–Crippen MR) is 108 cm³/mol. The Labute approximate surface area is 166 Å². The van der Waals surface area contributed by atoms with E-state index in [1.54, 1.807) is 4.90 Å². The van der Waals surface area contributed by atoms with Crippen molar-refractivity contribution in [3.63, 3.8) is 0 Å². The molecule has 0 saturated carbocycles. The lowest BCUT2D eigenvalue weighted by Gasteiger charge is -2.36. The van der Waals surface area contributed by atoms with Crippen molar-refractivity contribution in [2.24, 2.45) is 0 Å². The summed E-state index contributed by atoms with van der Waals surface area (Å²) in [5.41, 5.74) is 0.306. The molecular formula is C21H30N4O3. The number of benzene rings is 1. The number of hydrogen-bond acceptors (Lipinski definition) is 4. The minimum absolute atomic E-state index is 0.167. The molecule has 28 heavy (non-hydrogen) atoms. The first-order valence-electron chi connectivity index (χ1n) is 10.2. The maximum atomic E-state index is 12.9. The summed E-state index contributed by atoms with van der Waals surface area (Å²) < 4.78 is 0. The van der Waals surface area contributed by atoms with Gasteiger partial charge in [0.25, 0.3) is 5.91 Å². The second kappa shape index (κ2) is 8.63. The van der Waals surface area contributed by atoms with Gasteiger partial charge in [0.05, 0.1) is 0 Å². The highest BCUT2D eigenvalue weighted by molar-refractivity contribution is 6.09. The van der Waals surface area contributed by atoms with E-state index in [0.29, 0.717) is 25.9 Å². The summed E-state index contributed by atoms with van der Waals surface area (Å²) >= 11 is 0. The number of para-hydroxylation sites is 1. The fourth-order valence-electron chi connectivity index (χ4n) is 4.23. The largest absolute Gasteiger partial charge is 0.368 e. The number of amides is 4. The maximum absolute atomic E-state index is 12.9. The van der Waals surface area contributed by atoms with Gasteiger partial charge in [0, 0.05) is 31.9 Å². The van der Waals surface area contributed by atoms with Crippen molar-refractivity contribution in [1.29, 1.82) is 0 Å². The molecule has 152 valence electrons. The van der Waals surface area contributed by atoms with Crippen molar-refractivity contribution in [3.8, 4) is 0 Å².